The summed E-state index contributed by atoms with van der Waals surface area (Å²) in [4.78, 5) is 17.5. The van der Waals surface area contributed by atoms with Crippen molar-refractivity contribution in [2.24, 2.45) is 0 Å². The monoisotopic (exact) mass is 478 g/mol. The first-order chi connectivity index (χ1) is 16.4. The summed E-state index contributed by atoms with van der Waals surface area (Å²) in [5.74, 6) is -0.506. The maximum Gasteiger partial charge on any atom is 0.252 e. The molecule has 0 radical (unpaired) electrons. The molecule has 0 saturated heterocycles. The molecule has 1 saturated carbocycles. The Balaban J connectivity index is 0.00000133. The number of pyridine rings is 1. The number of hydrogen-bond donors (Lipinski definition) is 1. The number of aromatic nitrogens is 3. The normalized spacial score (nSPS) is 14.7. The van der Waals surface area contributed by atoms with E-state index in [1.165, 1.54) is 12.1 Å². The first kappa shape index (κ1) is 23.8. The highest BCUT2D eigenvalue weighted by molar-refractivity contribution is 7.84. The van der Waals surface area contributed by atoms with Gasteiger partial charge in [0.2, 0.25) is 0 Å². The van der Waals surface area contributed by atoms with E-state index in [9.17, 15) is 13.4 Å². The summed E-state index contributed by atoms with van der Waals surface area (Å²) in [5, 5.41) is 8.86. The van der Waals surface area contributed by atoms with Crippen molar-refractivity contribution in [3.63, 3.8) is 0 Å². The summed E-state index contributed by atoms with van der Waals surface area (Å²) in [5.41, 5.74) is 3.39. The molecule has 5 rings (SSSR count). The van der Waals surface area contributed by atoms with Gasteiger partial charge in [-0.2, -0.15) is 5.10 Å². The van der Waals surface area contributed by atoms with Crippen molar-refractivity contribution < 1.29 is 13.4 Å². The largest absolute Gasteiger partial charge is 0.342 e. The molecule has 2 aromatic carbocycles. The SMILES string of the molecule is CC.Cc1cc(C(=O)NC2(c3ccnc(S(C)=O)c3)CC2)c2cnn(-c3ccc(F)cc3)c2c1. The highest BCUT2D eigenvalue weighted by atomic mass is 32.2. The number of amides is 1. The number of fused-ring (bicyclic) bond motifs is 1. The van der Waals surface area contributed by atoms with Crippen LogP contribution >= 0.6 is 0 Å². The minimum Gasteiger partial charge on any atom is -0.342 e. The van der Waals surface area contributed by atoms with E-state index in [0.29, 0.717) is 16.3 Å². The fraction of sp³-hybridized carbons (Fsp3) is 0.269. The van der Waals surface area contributed by atoms with Gasteiger partial charge in [-0.05, 0) is 79.4 Å². The van der Waals surface area contributed by atoms with Crippen molar-refractivity contribution in [2.45, 2.75) is 44.2 Å². The second-order valence-corrected chi connectivity index (χ2v) is 9.48. The maximum atomic E-state index is 13.4. The summed E-state index contributed by atoms with van der Waals surface area (Å²) < 4.78 is 26.9. The van der Waals surface area contributed by atoms with Crippen LogP contribution in [0.3, 0.4) is 0 Å². The van der Waals surface area contributed by atoms with Gasteiger partial charge >= 0.3 is 0 Å². The predicted molar refractivity (Wildman–Crippen MR) is 132 cm³/mol. The first-order valence-electron chi connectivity index (χ1n) is 11.2. The molecule has 1 atom stereocenters. The third kappa shape index (κ3) is 4.50. The second kappa shape index (κ2) is 9.46. The number of hydrogen-bond acceptors (Lipinski definition) is 4. The molecule has 4 aromatic rings. The number of nitrogens with zero attached hydrogens (tertiary/aromatic N) is 3. The average Bonchev–Trinajstić information content (AvgIpc) is 3.51. The van der Waals surface area contributed by atoms with E-state index in [2.05, 4.69) is 15.4 Å². The van der Waals surface area contributed by atoms with Gasteiger partial charge < -0.3 is 5.32 Å². The van der Waals surface area contributed by atoms with Crippen LogP contribution in [0.4, 0.5) is 4.39 Å². The van der Waals surface area contributed by atoms with E-state index < -0.39 is 16.3 Å². The number of carbonyl (C=O) groups is 1. The number of nitrogens with one attached hydrogen (secondary N) is 1. The van der Waals surface area contributed by atoms with Gasteiger partial charge in [-0.1, -0.05) is 13.8 Å². The topological polar surface area (TPSA) is 76.9 Å². The molecule has 0 bridgehead atoms. The average molecular weight is 479 g/mol. The first-order valence-corrected chi connectivity index (χ1v) is 12.8. The Labute approximate surface area is 200 Å². The van der Waals surface area contributed by atoms with Crippen molar-refractivity contribution in [3.8, 4) is 5.69 Å². The molecule has 1 amide bonds. The van der Waals surface area contributed by atoms with Crippen molar-refractivity contribution in [2.75, 3.05) is 6.26 Å². The van der Waals surface area contributed by atoms with Gasteiger partial charge in [0.15, 0.2) is 0 Å². The zero-order valence-electron chi connectivity index (χ0n) is 19.6. The second-order valence-electron chi connectivity index (χ2n) is 8.15. The molecule has 1 fully saturated rings. The lowest BCUT2D eigenvalue weighted by molar-refractivity contribution is 0.0932. The standard InChI is InChI=1S/C24H21FN4O2S.C2H6/c1-15-11-19(20-14-27-29(21(20)12-15)18-5-3-17(25)4-6-18)23(30)28-24(8-9-24)16-7-10-26-22(13-16)32(2)31;1-2/h3-7,10-14H,8-9H2,1-2H3,(H,28,30);1-2H3. The van der Waals surface area contributed by atoms with E-state index >= 15 is 0 Å². The Morgan fingerprint density at radius 1 is 1.12 bits per heavy atom. The fourth-order valence-corrected chi connectivity index (χ4v) is 4.50. The van der Waals surface area contributed by atoms with Crippen LogP contribution in [0, 0.1) is 12.7 Å². The van der Waals surface area contributed by atoms with E-state index in [1.807, 2.05) is 45.0 Å². The maximum absolute atomic E-state index is 13.4. The van der Waals surface area contributed by atoms with Crippen molar-refractivity contribution in [3.05, 3.63) is 83.4 Å². The Bertz CT molecular complexity index is 1380. The van der Waals surface area contributed by atoms with Crippen molar-refractivity contribution in [1.29, 1.82) is 0 Å². The lowest BCUT2D eigenvalue weighted by Crippen LogP contribution is -2.35. The molecule has 0 spiro atoms. The zero-order valence-corrected chi connectivity index (χ0v) is 20.4. The summed E-state index contributed by atoms with van der Waals surface area (Å²) in [7, 11) is -1.19. The van der Waals surface area contributed by atoms with E-state index in [-0.39, 0.29) is 11.7 Å². The summed E-state index contributed by atoms with van der Waals surface area (Å²) in [6.07, 6.45) is 6.50. The van der Waals surface area contributed by atoms with Crippen molar-refractivity contribution >= 4 is 27.6 Å². The molecular formula is C26H27FN4O2S. The van der Waals surface area contributed by atoms with Gasteiger partial charge in [0.05, 0.1) is 39.3 Å². The van der Waals surface area contributed by atoms with Crippen molar-refractivity contribution in [1.82, 2.24) is 20.1 Å². The molecule has 6 nitrogen and oxygen atoms in total. The number of carbonyl (C=O) groups excluding carboxylic acids is 1. The predicted octanol–water partition coefficient (Wildman–Crippen LogP) is 5.05. The van der Waals surface area contributed by atoms with E-state index in [4.69, 9.17) is 0 Å². The summed E-state index contributed by atoms with van der Waals surface area (Å²) in [6, 6.07) is 13.6. The molecule has 2 heterocycles. The Morgan fingerprint density at radius 2 is 1.82 bits per heavy atom. The third-order valence-electron chi connectivity index (χ3n) is 5.83. The van der Waals surface area contributed by atoms with Gasteiger partial charge in [-0.25, -0.2) is 14.1 Å². The van der Waals surface area contributed by atoms with E-state index in [1.54, 1.807) is 35.5 Å². The molecule has 2 aromatic heterocycles. The fourth-order valence-electron chi connectivity index (χ4n) is 4.00. The smallest absolute Gasteiger partial charge is 0.252 e. The highest BCUT2D eigenvalue weighted by Gasteiger charge is 2.46. The van der Waals surface area contributed by atoms with Crippen LogP contribution < -0.4 is 5.32 Å². The third-order valence-corrected chi connectivity index (χ3v) is 6.65. The Morgan fingerprint density at radius 3 is 2.47 bits per heavy atom. The Hall–Kier alpha value is -3.39. The van der Waals surface area contributed by atoms with Crippen LogP contribution in [-0.2, 0) is 16.3 Å². The number of aryl methyl sites for hydroxylation is 1. The molecular weight excluding hydrogens is 451 g/mol. The highest BCUT2D eigenvalue weighted by Crippen LogP contribution is 2.46. The quantitative estimate of drug-likeness (QED) is 0.435. The van der Waals surface area contributed by atoms with Gasteiger partial charge in [0.1, 0.15) is 10.8 Å². The molecule has 8 heteroatoms. The molecule has 176 valence electrons. The Kier molecular flexibility index (Phi) is 6.61. The van der Waals surface area contributed by atoms with Gasteiger partial charge in [-0.15, -0.1) is 0 Å². The molecule has 1 N–H and O–H groups in total. The molecule has 1 aliphatic rings. The van der Waals surface area contributed by atoms with Crippen LogP contribution in [-0.4, -0.2) is 31.1 Å². The number of halogens is 1. The van der Waals surface area contributed by atoms with Crippen LogP contribution in [0.2, 0.25) is 0 Å². The van der Waals surface area contributed by atoms with Gasteiger partial charge in [0, 0.05) is 17.8 Å². The summed E-state index contributed by atoms with van der Waals surface area (Å²) >= 11 is 0. The minimum atomic E-state index is -1.19. The van der Waals surface area contributed by atoms with E-state index in [0.717, 1.165) is 34.9 Å². The number of benzene rings is 2. The lowest BCUT2D eigenvalue weighted by atomic mass is 10.0. The van der Waals surface area contributed by atoms with Crippen LogP contribution in [0.1, 0.15) is 48.2 Å². The van der Waals surface area contributed by atoms with Crippen LogP contribution in [0.25, 0.3) is 16.6 Å². The van der Waals surface area contributed by atoms with Crippen LogP contribution in [0.15, 0.2) is 66.0 Å². The molecule has 1 aliphatic carbocycles. The van der Waals surface area contributed by atoms with Gasteiger partial charge in [0.25, 0.3) is 5.91 Å². The molecule has 0 aliphatic heterocycles. The summed E-state index contributed by atoms with van der Waals surface area (Å²) in [6.45, 7) is 5.93. The molecule has 1 unspecified atom stereocenters. The molecule has 34 heavy (non-hydrogen) atoms. The van der Waals surface area contributed by atoms with Gasteiger partial charge in [-0.3, -0.25) is 9.00 Å². The van der Waals surface area contributed by atoms with Crippen LogP contribution in [0.5, 0.6) is 0 Å². The lowest BCUT2D eigenvalue weighted by Gasteiger charge is -2.19. The zero-order chi connectivity index (χ0) is 24.5. The number of rotatable bonds is 5. The minimum absolute atomic E-state index is 0.189.